The Labute approximate surface area is 904 Å². The molecule has 0 unspecified atom stereocenters. The molecule has 150 heavy (non-hydrogen) atoms. The predicted octanol–water partition coefficient (Wildman–Crippen LogP) is 19.4. The highest BCUT2D eigenvalue weighted by atomic mass is 79.9. The topological polar surface area (TPSA) is 408 Å². The lowest BCUT2D eigenvalue weighted by Crippen LogP contribution is -2.65. The second-order valence-electron chi connectivity index (χ2n) is 40.3. The molecule has 0 aliphatic carbocycles. The molecular formula is C110H108BBr4ClN18O16. The molecular weight excluding hydrogens is 2200 g/mol. The van der Waals surface area contributed by atoms with Gasteiger partial charge >= 0.3 is 36.9 Å². The number of fused-ring (bicyclic) bond motifs is 12. The molecule has 8 amide bonds. The number of likely N-dealkylation sites (tertiary alicyclic amines) is 4. The first-order chi connectivity index (χ1) is 71.5. The summed E-state index contributed by atoms with van der Waals surface area (Å²) < 4.78 is 39.0. The maximum atomic E-state index is 13.9. The second kappa shape index (κ2) is 43.0. The molecule has 0 bridgehead atoms. The number of nitrogens with one attached hydrogen (secondary N) is 1. The number of ether oxygens (including phenoxy) is 5. The van der Waals surface area contributed by atoms with E-state index in [-0.39, 0.29) is 67.7 Å². The summed E-state index contributed by atoms with van der Waals surface area (Å²) in [4.78, 5) is 157. The first-order valence-corrected chi connectivity index (χ1v) is 51.8. The molecule has 6 aromatic carbocycles. The molecule has 9 aliphatic rings. The van der Waals surface area contributed by atoms with Crippen molar-refractivity contribution in [2.24, 2.45) is 0 Å². The van der Waals surface area contributed by atoms with E-state index in [1.165, 1.54) is 37.0 Å². The molecule has 5 saturated heterocycles. The van der Waals surface area contributed by atoms with E-state index in [0.29, 0.717) is 58.0 Å². The Morgan fingerprint density at radius 1 is 0.407 bits per heavy atom. The van der Waals surface area contributed by atoms with Crippen molar-refractivity contribution in [1.82, 2.24) is 59.5 Å². The van der Waals surface area contributed by atoms with Crippen molar-refractivity contribution in [1.29, 1.82) is 0 Å². The molecule has 40 heteroatoms. The third kappa shape index (κ3) is 21.0. The number of amides is 8. The Balaban J connectivity index is 0.000000125. The van der Waals surface area contributed by atoms with Crippen molar-refractivity contribution in [3.05, 3.63) is 303 Å². The molecule has 34 nitrogen and oxygen atoms in total. The lowest BCUT2D eigenvalue weighted by atomic mass is 9.75. The first kappa shape index (κ1) is 107. The highest BCUT2D eigenvalue weighted by Gasteiger charge is 2.64. The summed E-state index contributed by atoms with van der Waals surface area (Å²) in [6.07, 6.45) is 19.3. The van der Waals surface area contributed by atoms with Crippen LogP contribution in [0, 0.1) is 0 Å². The van der Waals surface area contributed by atoms with Crippen LogP contribution in [0.5, 0.6) is 0 Å². The van der Waals surface area contributed by atoms with Crippen LogP contribution in [-0.4, -0.2) is 216 Å². The van der Waals surface area contributed by atoms with Gasteiger partial charge in [-0.3, -0.25) is 59.0 Å². The molecule has 9 aliphatic heterocycles. The number of rotatable bonds is 9. The number of aromatic nitrogens is 8. The van der Waals surface area contributed by atoms with Crippen LogP contribution in [0.1, 0.15) is 114 Å². The third-order valence-electron chi connectivity index (χ3n) is 27.8. The molecule has 5 N–H and O–H groups in total. The number of nitrogens with two attached hydrogens (primary N) is 2. The Morgan fingerprint density at radius 2 is 0.720 bits per heavy atom. The summed E-state index contributed by atoms with van der Waals surface area (Å²) in [5, 5.41) is 12.2. The summed E-state index contributed by atoms with van der Waals surface area (Å²) in [5.41, 5.74) is 20.6. The van der Waals surface area contributed by atoms with Gasteiger partial charge in [-0.15, -0.1) is 0 Å². The number of methoxy groups -OCH3 is 3. The molecule has 23 rings (SSSR count). The van der Waals surface area contributed by atoms with E-state index >= 15 is 0 Å². The molecule has 14 aromatic rings. The van der Waals surface area contributed by atoms with Crippen LogP contribution in [0.15, 0.2) is 258 Å². The first-order valence-electron chi connectivity index (χ1n) is 48.0. The van der Waals surface area contributed by atoms with Crippen molar-refractivity contribution in [2.75, 3.05) is 105 Å². The van der Waals surface area contributed by atoms with Crippen molar-refractivity contribution in [2.45, 2.75) is 138 Å². The molecule has 4 spiro atoms. The van der Waals surface area contributed by atoms with Gasteiger partial charge in [-0.25, -0.2) is 24.0 Å². The van der Waals surface area contributed by atoms with Gasteiger partial charge in [0.1, 0.15) is 32.9 Å². The minimum absolute atomic E-state index is 0.0393. The van der Waals surface area contributed by atoms with Crippen LogP contribution >= 0.6 is 75.3 Å². The highest BCUT2D eigenvalue weighted by molar-refractivity contribution is 9.11. The number of nitrogen functional groups attached to an aromatic ring is 2. The van der Waals surface area contributed by atoms with E-state index < -0.39 is 56.6 Å². The van der Waals surface area contributed by atoms with Gasteiger partial charge in [-0.05, 0) is 220 Å². The van der Waals surface area contributed by atoms with Gasteiger partial charge in [0, 0.05) is 171 Å². The smallest absolute Gasteiger partial charge is 0.457 e. The Morgan fingerprint density at radius 3 is 1.09 bits per heavy atom. The number of hydrogen-bond donors (Lipinski definition) is 3. The number of nitrogens with zero attached hydrogens (tertiary/aromatic N) is 15. The average molecular weight is 2300 g/mol. The lowest BCUT2D eigenvalue weighted by Gasteiger charge is -2.46. The van der Waals surface area contributed by atoms with Gasteiger partial charge in [0.2, 0.25) is 23.6 Å². The molecule has 5 fully saturated rings. The maximum Gasteiger partial charge on any atom is 0.494 e. The summed E-state index contributed by atoms with van der Waals surface area (Å²) >= 11 is 18.9. The fourth-order valence-electron chi connectivity index (χ4n) is 19.5. The van der Waals surface area contributed by atoms with E-state index in [0.717, 1.165) is 141 Å². The highest BCUT2D eigenvalue weighted by Crippen LogP contribution is 2.53. The van der Waals surface area contributed by atoms with E-state index in [1.807, 2.05) is 246 Å². The standard InChI is InChI=1S/C27H23N5O3.C24H23BrN4O3.C21H17BrN4O3.C14H17N3O3.C12H18BNO2.C10H7Br2N.C2H3ClO2/c1-35-26(34)31-15-27(16-31)21-10-11-29-13-23(21)32(25(27)33)14-22-24(17-6-8-19(28)9-7-17)20-5-3-2-4-18(20)12-30-22;1-23(2,3)32-22(31)28-13-24(14-28)17-8-9-26-11-19(17)29(21(24)30)12-18-20(25)16-7-5-4-6-15(16)10-27-18;1-29-20(28)25-11-21(12-25)15-6-7-23-9-17(15)26(19(21)27)10-16-18(22)14-5-3-2-4-13(14)8-24-16;1-13(2,3)20-12(19)17-7-14(8-17)9-4-5-15-6-10(9)16-11(14)18;1-11(2)12(3,4)16-13(15-11)9-5-7-10(14)8-6-9;11-5-9-10(12)8-4-2-1-3-7(8)6-13-9;1-5-2(3)4/h2-13H,14-16,28H2,1H3;4-11H,12-14H2,1-3H3;2-9H,10-12H2,1H3;4-6H,7-8H2,1-3H3,(H,16,18);5-8H,14H2,1-4H3;1-4,6H,5H2;1H3. The summed E-state index contributed by atoms with van der Waals surface area (Å²) in [5.74, 6) is -0.205. The minimum atomic E-state index is -0.787. The van der Waals surface area contributed by atoms with Crippen molar-refractivity contribution < 1.29 is 76.1 Å². The predicted molar refractivity (Wildman–Crippen MR) is 587 cm³/mol. The van der Waals surface area contributed by atoms with Crippen LogP contribution in [0.4, 0.5) is 58.1 Å². The van der Waals surface area contributed by atoms with E-state index in [9.17, 15) is 43.2 Å². The van der Waals surface area contributed by atoms with Crippen molar-refractivity contribution in [3.63, 3.8) is 0 Å². The average Bonchev–Trinajstić information content (AvgIpc) is 1.55. The Hall–Kier alpha value is -14.2. The molecule has 8 aromatic heterocycles. The number of alkyl halides is 1. The molecule has 17 heterocycles. The van der Waals surface area contributed by atoms with Crippen LogP contribution in [0.3, 0.4) is 0 Å². The summed E-state index contributed by atoms with van der Waals surface area (Å²) in [6, 6.07) is 55.0. The number of hydrogen-bond acceptors (Lipinski definition) is 26. The number of anilines is 6. The zero-order chi connectivity index (χ0) is 107. The molecule has 0 atom stereocenters. The number of pyridine rings is 8. The van der Waals surface area contributed by atoms with Crippen LogP contribution in [0.2, 0.25) is 0 Å². The fraction of sp³-hybridized carbons (Fsp3) is 0.300. The number of benzene rings is 6. The third-order valence-corrected chi connectivity index (χ3v) is 31.2. The zero-order valence-corrected chi connectivity index (χ0v) is 91.5. The van der Waals surface area contributed by atoms with Gasteiger partial charge < -0.3 is 84.1 Å². The summed E-state index contributed by atoms with van der Waals surface area (Å²) in [6.45, 7) is 22.5. The van der Waals surface area contributed by atoms with Crippen LogP contribution in [-0.2, 0) is 98.8 Å². The quantitative estimate of drug-likeness (QED) is 0.0397. The lowest BCUT2D eigenvalue weighted by molar-refractivity contribution is -0.129. The van der Waals surface area contributed by atoms with Crippen LogP contribution < -0.4 is 36.9 Å². The van der Waals surface area contributed by atoms with E-state index in [4.69, 9.17) is 44.7 Å². The van der Waals surface area contributed by atoms with Gasteiger partial charge in [0.05, 0.1) is 122 Å². The Bertz CT molecular complexity index is 7600. The maximum absolute atomic E-state index is 13.9. The number of carbonyl (C=O) groups excluding carboxylic acids is 9. The van der Waals surface area contributed by atoms with E-state index in [1.54, 1.807) is 79.0 Å². The summed E-state index contributed by atoms with van der Waals surface area (Å²) in [7, 11) is 3.61. The SMILES string of the molecule is BrCc1ncc2ccccc2c1Br.CC(C)(C)OC(=O)N1CC2(C1)C(=O)N(Cc1ncc3ccccc3c1Br)c1cnccc12.CC(C)(C)OC(=O)N1CC2(C1)C(=O)Nc1cnccc12.CC1(C)OB(c2ccc(N)cc2)OC1(C)C.COC(=O)Cl.COC(=O)N1CC2(C1)C(=O)N(Cc1ncc3ccccc3c1-c1ccc(N)cc1)c1cnccc12.COC(=O)N1CC2(C1)C(=O)N(Cc1ncc3ccccc3c1Br)c1cnccc12. The van der Waals surface area contributed by atoms with Gasteiger partial charge in [0.15, 0.2) is 0 Å². The molecule has 772 valence electrons. The number of halogens is 5. The fourth-order valence-corrected chi connectivity index (χ4v) is 22.1. The minimum Gasteiger partial charge on any atom is -0.457 e. The normalized spacial score (nSPS) is 16.7. The zero-order valence-electron chi connectivity index (χ0n) is 84.4. The second-order valence-corrected chi connectivity index (χ2v) is 43.6. The molecule has 0 radical (unpaired) electrons. The number of carbonyl (C=O) groups is 9. The van der Waals surface area contributed by atoms with Gasteiger partial charge in [-0.2, -0.15) is 0 Å². The van der Waals surface area contributed by atoms with Gasteiger partial charge in [0.25, 0.3) is 0 Å². The van der Waals surface area contributed by atoms with Crippen molar-refractivity contribution >= 4 is 219 Å². The Kier molecular flexibility index (Phi) is 30.7. The van der Waals surface area contributed by atoms with E-state index in [2.05, 4.69) is 138 Å². The molecule has 0 saturated carbocycles. The monoisotopic (exact) mass is 2300 g/mol. The van der Waals surface area contributed by atoms with Crippen LogP contribution in [0.25, 0.3) is 54.2 Å². The largest absolute Gasteiger partial charge is 0.494 e. The van der Waals surface area contributed by atoms with Gasteiger partial charge in [-0.1, -0.05) is 137 Å². The van der Waals surface area contributed by atoms with Crippen molar-refractivity contribution in [3.8, 4) is 11.1 Å².